The van der Waals surface area contributed by atoms with Gasteiger partial charge in [0.15, 0.2) is 0 Å². The van der Waals surface area contributed by atoms with Crippen LogP contribution in [0.15, 0.2) is 17.5 Å². The van der Waals surface area contributed by atoms with Crippen molar-refractivity contribution >= 4 is 33.4 Å². The highest BCUT2D eigenvalue weighted by atomic mass is 32.1. The summed E-state index contributed by atoms with van der Waals surface area (Å²) in [6.45, 7) is 11.9. The van der Waals surface area contributed by atoms with Crippen LogP contribution >= 0.6 is 11.3 Å². The minimum absolute atomic E-state index is 0.00622. The first kappa shape index (κ1) is 21.4. The number of hydrogen-bond acceptors (Lipinski definition) is 3. The minimum Gasteiger partial charge on any atom is -0.351 e. The molecule has 0 saturated heterocycles. The van der Waals surface area contributed by atoms with Crippen molar-refractivity contribution in [1.82, 2.24) is 14.8 Å². The molecule has 4 atom stereocenters. The van der Waals surface area contributed by atoms with Gasteiger partial charge in [-0.25, -0.2) is 0 Å². The van der Waals surface area contributed by atoms with Crippen LogP contribution in [0.4, 0.5) is 0 Å². The van der Waals surface area contributed by atoms with Crippen LogP contribution < -0.4 is 5.32 Å². The lowest BCUT2D eigenvalue weighted by atomic mass is 9.77. The third-order valence-corrected chi connectivity index (χ3v) is 8.34. The van der Waals surface area contributed by atoms with E-state index in [1.807, 2.05) is 17.9 Å². The molecule has 2 aliphatic rings. The Hall–Kier alpha value is -1.82. The monoisotopic (exact) mass is 429 g/mol. The predicted molar refractivity (Wildman–Crippen MR) is 123 cm³/mol. The number of thiophene rings is 1. The van der Waals surface area contributed by atoms with Gasteiger partial charge in [0.05, 0.1) is 16.8 Å². The van der Waals surface area contributed by atoms with Gasteiger partial charge in [-0.05, 0) is 55.0 Å². The average Bonchev–Trinajstić information content (AvgIpc) is 3.27. The van der Waals surface area contributed by atoms with Crippen molar-refractivity contribution in [3.8, 4) is 0 Å². The van der Waals surface area contributed by atoms with E-state index in [2.05, 4.69) is 49.0 Å². The van der Waals surface area contributed by atoms with E-state index >= 15 is 0 Å². The van der Waals surface area contributed by atoms with Gasteiger partial charge in [0.1, 0.15) is 11.2 Å². The Balaban J connectivity index is 1.67. The zero-order valence-corrected chi connectivity index (χ0v) is 19.7. The fraction of sp³-hybridized carbons (Fsp3) is 0.667. The van der Waals surface area contributed by atoms with E-state index in [-0.39, 0.29) is 17.9 Å². The van der Waals surface area contributed by atoms with E-state index in [1.54, 1.807) is 11.3 Å². The molecule has 164 valence electrons. The third-order valence-electron chi connectivity index (χ3n) is 7.49. The summed E-state index contributed by atoms with van der Waals surface area (Å²) in [5, 5.41) is 5.42. The number of nitrogens with zero attached hydrogens (tertiary/aromatic N) is 2. The second-order valence-corrected chi connectivity index (χ2v) is 11.0. The fourth-order valence-corrected chi connectivity index (χ4v) is 5.94. The Bertz CT molecular complexity index is 946. The molecule has 2 amide bonds. The highest BCUT2D eigenvalue weighted by molar-refractivity contribution is 7.17. The molecule has 30 heavy (non-hydrogen) atoms. The maximum absolute atomic E-state index is 13.7. The molecule has 1 aliphatic heterocycles. The number of rotatable bonds is 5. The van der Waals surface area contributed by atoms with Crippen molar-refractivity contribution in [2.75, 3.05) is 6.54 Å². The second kappa shape index (κ2) is 8.03. The molecule has 0 radical (unpaired) electrons. The average molecular weight is 430 g/mol. The lowest BCUT2D eigenvalue weighted by molar-refractivity contribution is -0.134. The molecule has 5 nitrogen and oxygen atoms in total. The molecule has 0 aromatic carbocycles. The molecule has 0 spiro atoms. The lowest BCUT2D eigenvalue weighted by Gasteiger charge is -2.46. The third kappa shape index (κ3) is 3.57. The Morgan fingerprint density at radius 1 is 1.33 bits per heavy atom. The molecular formula is C24H35N3O2S. The van der Waals surface area contributed by atoms with Crippen LogP contribution in [0.3, 0.4) is 0 Å². The molecule has 1 fully saturated rings. The summed E-state index contributed by atoms with van der Waals surface area (Å²) < 4.78 is 3.17. The fourth-order valence-electron chi connectivity index (χ4n) is 5.12. The van der Waals surface area contributed by atoms with Gasteiger partial charge >= 0.3 is 0 Å². The molecular weight excluding hydrogens is 394 g/mol. The van der Waals surface area contributed by atoms with Crippen molar-refractivity contribution in [2.24, 2.45) is 17.8 Å². The van der Waals surface area contributed by atoms with E-state index in [1.165, 1.54) is 6.42 Å². The summed E-state index contributed by atoms with van der Waals surface area (Å²) in [6.07, 6.45) is 4.30. The van der Waals surface area contributed by atoms with Gasteiger partial charge in [0, 0.05) is 12.6 Å². The molecule has 2 aromatic heterocycles. The van der Waals surface area contributed by atoms with Crippen LogP contribution in [0.2, 0.25) is 0 Å². The Labute approximate surface area is 183 Å². The highest BCUT2D eigenvalue weighted by Gasteiger charge is 2.48. The van der Waals surface area contributed by atoms with Crippen molar-refractivity contribution in [2.45, 2.75) is 78.4 Å². The minimum atomic E-state index is -0.882. The number of fused-ring (bicyclic) bond motifs is 3. The van der Waals surface area contributed by atoms with Crippen molar-refractivity contribution in [1.29, 1.82) is 0 Å². The van der Waals surface area contributed by atoms with Crippen LogP contribution in [0, 0.1) is 17.8 Å². The van der Waals surface area contributed by atoms with Crippen LogP contribution in [0.25, 0.3) is 10.2 Å². The van der Waals surface area contributed by atoms with Crippen molar-refractivity contribution in [3.05, 3.63) is 23.2 Å². The van der Waals surface area contributed by atoms with E-state index in [9.17, 15) is 9.59 Å². The molecule has 1 N–H and O–H groups in total. The SMILES string of the molecule is CC(C)CCN1C(=O)c2cc3sccc3n2C[C@]1(C)C(=O)N[C@@H]1CCC[C@H](C)[C@@H]1C. The number of amides is 2. The summed E-state index contributed by atoms with van der Waals surface area (Å²) in [5.41, 5.74) is 0.892. The maximum atomic E-state index is 13.7. The summed E-state index contributed by atoms with van der Waals surface area (Å²) in [5.74, 6) is 1.52. The first-order chi connectivity index (χ1) is 14.2. The van der Waals surface area contributed by atoms with Gasteiger partial charge in [-0.15, -0.1) is 11.3 Å². The summed E-state index contributed by atoms with van der Waals surface area (Å²) in [6, 6.07) is 4.24. The smallest absolute Gasteiger partial charge is 0.271 e. The summed E-state index contributed by atoms with van der Waals surface area (Å²) in [7, 11) is 0. The number of carbonyl (C=O) groups excluding carboxylic acids is 2. The predicted octanol–water partition coefficient (Wildman–Crippen LogP) is 4.90. The van der Waals surface area contributed by atoms with Gasteiger partial charge in [-0.2, -0.15) is 0 Å². The van der Waals surface area contributed by atoms with E-state index < -0.39 is 5.54 Å². The Morgan fingerprint density at radius 3 is 2.83 bits per heavy atom. The topological polar surface area (TPSA) is 54.3 Å². The molecule has 6 heteroatoms. The zero-order valence-electron chi connectivity index (χ0n) is 18.9. The zero-order chi connectivity index (χ0) is 21.6. The molecule has 1 aliphatic carbocycles. The standard InChI is InChI=1S/C24H35N3O2S/c1-15(2)9-11-27-22(28)20-13-21-19(10-12-30-21)26(20)14-24(27,5)23(29)25-18-8-6-7-16(3)17(18)4/h10,12-13,15-18H,6-9,11,14H2,1-5H3,(H,25,29)/t16-,17-,18+,24+/m0/s1. The number of aromatic nitrogens is 1. The van der Waals surface area contributed by atoms with Crippen LogP contribution in [0.1, 0.15) is 70.8 Å². The van der Waals surface area contributed by atoms with E-state index in [0.717, 1.165) is 29.5 Å². The summed E-state index contributed by atoms with van der Waals surface area (Å²) in [4.78, 5) is 29.1. The number of carbonyl (C=O) groups is 2. The largest absolute Gasteiger partial charge is 0.351 e. The first-order valence-corrected chi connectivity index (χ1v) is 12.3. The molecule has 0 unspecified atom stereocenters. The van der Waals surface area contributed by atoms with Gasteiger partial charge in [-0.3, -0.25) is 9.59 Å². The molecule has 2 aromatic rings. The Morgan fingerprint density at radius 2 is 2.10 bits per heavy atom. The Kier molecular flexibility index (Phi) is 5.73. The van der Waals surface area contributed by atoms with Crippen LogP contribution in [-0.4, -0.2) is 39.4 Å². The first-order valence-electron chi connectivity index (χ1n) is 11.4. The van der Waals surface area contributed by atoms with Gasteiger partial charge in [-0.1, -0.05) is 40.5 Å². The number of hydrogen-bond donors (Lipinski definition) is 1. The molecule has 0 bridgehead atoms. The van der Waals surface area contributed by atoms with Gasteiger partial charge in [0.2, 0.25) is 5.91 Å². The van der Waals surface area contributed by atoms with Crippen LogP contribution in [0.5, 0.6) is 0 Å². The second-order valence-electron chi connectivity index (χ2n) is 10.0. The van der Waals surface area contributed by atoms with E-state index in [4.69, 9.17) is 0 Å². The van der Waals surface area contributed by atoms with E-state index in [0.29, 0.717) is 36.5 Å². The van der Waals surface area contributed by atoms with Crippen molar-refractivity contribution < 1.29 is 9.59 Å². The lowest BCUT2D eigenvalue weighted by Crippen LogP contribution is -2.65. The van der Waals surface area contributed by atoms with Gasteiger partial charge < -0.3 is 14.8 Å². The molecule has 1 saturated carbocycles. The number of nitrogens with one attached hydrogen (secondary N) is 1. The molecule has 4 rings (SSSR count). The van der Waals surface area contributed by atoms with Crippen LogP contribution in [-0.2, 0) is 11.3 Å². The maximum Gasteiger partial charge on any atom is 0.271 e. The molecule has 3 heterocycles. The highest BCUT2D eigenvalue weighted by Crippen LogP contribution is 2.36. The summed E-state index contributed by atoms with van der Waals surface area (Å²) >= 11 is 1.65. The quantitative estimate of drug-likeness (QED) is 0.735. The van der Waals surface area contributed by atoms with Crippen molar-refractivity contribution in [3.63, 3.8) is 0 Å². The normalized spacial score (nSPS) is 29.5. The van der Waals surface area contributed by atoms with Gasteiger partial charge in [0.25, 0.3) is 5.91 Å².